The van der Waals surface area contributed by atoms with Crippen LogP contribution in [0.4, 0.5) is 5.00 Å². The molecule has 2 heterocycles. The summed E-state index contributed by atoms with van der Waals surface area (Å²) in [6.45, 7) is 0.673. The summed E-state index contributed by atoms with van der Waals surface area (Å²) >= 11 is 3.04. The number of nitrogens with zero attached hydrogens (tertiary/aromatic N) is 2. The number of anilines is 1. The normalized spacial score (nSPS) is 11.2. The van der Waals surface area contributed by atoms with E-state index in [1.165, 1.54) is 17.4 Å². The van der Waals surface area contributed by atoms with E-state index in [4.69, 9.17) is 15.5 Å². The molecular formula is C15H14N2O3S2. The summed E-state index contributed by atoms with van der Waals surface area (Å²) in [5.74, 6) is -1.22. The third kappa shape index (κ3) is 3.74. The van der Waals surface area contributed by atoms with Crippen molar-refractivity contribution >= 4 is 39.7 Å². The largest absolute Gasteiger partial charge is 0.477 e. The second-order valence-electron chi connectivity index (χ2n) is 4.46. The highest BCUT2D eigenvalue weighted by Gasteiger charge is 2.10. The maximum Gasteiger partial charge on any atom is 0.346 e. The maximum absolute atomic E-state index is 10.8. The summed E-state index contributed by atoms with van der Waals surface area (Å²) in [4.78, 5) is 15.6. The van der Waals surface area contributed by atoms with Crippen molar-refractivity contribution in [1.82, 2.24) is 0 Å². The molecule has 5 nitrogen and oxygen atoms in total. The molecule has 0 fully saturated rings. The van der Waals surface area contributed by atoms with Crippen LogP contribution in [0.2, 0.25) is 0 Å². The number of hydrogen-bond donors (Lipinski definition) is 2. The molecule has 0 bridgehead atoms. The summed E-state index contributed by atoms with van der Waals surface area (Å²) in [5, 5.41) is 27.7. The van der Waals surface area contributed by atoms with Crippen LogP contribution in [0.15, 0.2) is 29.8 Å². The Hall–Kier alpha value is -2.14. The SMILES string of the molecule is CN(CCO)c1ccc(-c2ccc(/C=C(\C#N)C(=O)O)s2)s1. The Labute approximate surface area is 136 Å². The Bertz CT molecular complexity index is 740. The smallest absolute Gasteiger partial charge is 0.346 e. The number of hydrogen-bond acceptors (Lipinski definition) is 6. The van der Waals surface area contributed by atoms with Gasteiger partial charge in [-0.1, -0.05) is 0 Å². The molecule has 114 valence electrons. The van der Waals surface area contributed by atoms with Crippen LogP contribution in [0, 0.1) is 11.3 Å². The Kier molecular flexibility index (Phi) is 5.33. The van der Waals surface area contributed by atoms with Crippen molar-refractivity contribution in [3.8, 4) is 15.8 Å². The van der Waals surface area contributed by atoms with E-state index >= 15 is 0 Å². The zero-order valence-electron chi connectivity index (χ0n) is 11.8. The van der Waals surface area contributed by atoms with Gasteiger partial charge in [-0.2, -0.15) is 5.26 Å². The lowest BCUT2D eigenvalue weighted by atomic mass is 10.2. The Morgan fingerprint density at radius 1 is 1.32 bits per heavy atom. The second kappa shape index (κ2) is 7.22. The van der Waals surface area contributed by atoms with E-state index in [1.807, 2.05) is 30.1 Å². The topological polar surface area (TPSA) is 84.6 Å². The maximum atomic E-state index is 10.8. The van der Waals surface area contributed by atoms with Crippen molar-refractivity contribution in [3.63, 3.8) is 0 Å². The average Bonchev–Trinajstić information content (AvgIpc) is 3.13. The van der Waals surface area contributed by atoms with Gasteiger partial charge in [0.2, 0.25) is 0 Å². The molecule has 2 rings (SSSR count). The number of aliphatic hydroxyl groups excluding tert-OH is 1. The number of thiophene rings is 2. The number of carbonyl (C=O) groups is 1. The van der Waals surface area contributed by atoms with Gasteiger partial charge in [-0.3, -0.25) is 0 Å². The summed E-state index contributed by atoms with van der Waals surface area (Å²) in [7, 11) is 1.92. The molecule has 0 saturated heterocycles. The minimum Gasteiger partial charge on any atom is -0.477 e. The van der Waals surface area contributed by atoms with E-state index in [2.05, 4.69) is 0 Å². The van der Waals surface area contributed by atoms with Gasteiger partial charge in [0.25, 0.3) is 0 Å². The van der Waals surface area contributed by atoms with Crippen molar-refractivity contribution in [3.05, 3.63) is 34.7 Å². The highest BCUT2D eigenvalue weighted by atomic mass is 32.1. The van der Waals surface area contributed by atoms with Gasteiger partial charge in [-0.15, -0.1) is 22.7 Å². The predicted octanol–water partition coefficient (Wildman–Crippen LogP) is 2.90. The first-order valence-electron chi connectivity index (χ1n) is 6.42. The van der Waals surface area contributed by atoms with Gasteiger partial charge in [0.1, 0.15) is 11.6 Å². The Morgan fingerprint density at radius 2 is 2.00 bits per heavy atom. The minimum absolute atomic E-state index is 0.101. The van der Waals surface area contributed by atoms with Gasteiger partial charge in [-0.05, 0) is 30.3 Å². The monoisotopic (exact) mass is 334 g/mol. The van der Waals surface area contributed by atoms with Crippen LogP contribution >= 0.6 is 22.7 Å². The zero-order valence-corrected chi connectivity index (χ0v) is 13.4. The van der Waals surface area contributed by atoms with E-state index in [-0.39, 0.29) is 12.2 Å². The minimum atomic E-state index is -1.22. The molecule has 0 atom stereocenters. The van der Waals surface area contributed by atoms with Crippen molar-refractivity contribution in [2.24, 2.45) is 0 Å². The molecule has 7 heteroatoms. The molecule has 0 saturated carbocycles. The average molecular weight is 334 g/mol. The summed E-state index contributed by atoms with van der Waals surface area (Å²) in [6, 6.07) is 9.37. The third-order valence-electron chi connectivity index (χ3n) is 2.91. The van der Waals surface area contributed by atoms with Crippen LogP contribution in [-0.2, 0) is 4.79 Å². The van der Waals surface area contributed by atoms with Gasteiger partial charge in [0.15, 0.2) is 0 Å². The lowest BCUT2D eigenvalue weighted by molar-refractivity contribution is -0.132. The highest BCUT2D eigenvalue weighted by Crippen LogP contribution is 2.37. The standard InChI is InChI=1S/C15H14N2O3S2/c1-17(6-7-18)14-5-4-13(22-14)12-3-2-11(21-12)8-10(9-16)15(19)20/h2-5,8,18H,6-7H2,1H3,(H,19,20)/b10-8+. The first-order valence-corrected chi connectivity index (χ1v) is 8.05. The fourth-order valence-corrected chi connectivity index (χ4v) is 3.81. The number of nitriles is 1. The van der Waals surface area contributed by atoms with E-state index in [9.17, 15) is 4.79 Å². The molecule has 0 aliphatic heterocycles. The van der Waals surface area contributed by atoms with Crippen LogP contribution < -0.4 is 4.90 Å². The van der Waals surface area contributed by atoms with E-state index in [1.54, 1.807) is 23.5 Å². The van der Waals surface area contributed by atoms with Crippen molar-refractivity contribution in [2.75, 3.05) is 25.1 Å². The lowest BCUT2D eigenvalue weighted by Gasteiger charge is -2.14. The van der Waals surface area contributed by atoms with E-state index in [0.29, 0.717) is 6.54 Å². The van der Waals surface area contributed by atoms with E-state index in [0.717, 1.165) is 19.6 Å². The fraction of sp³-hybridized carbons (Fsp3) is 0.200. The summed E-state index contributed by atoms with van der Waals surface area (Å²) in [5.41, 5.74) is -0.275. The number of aliphatic carboxylic acids is 1. The number of rotatable bonds is 6. The molecule has 0 amide bonds. The molecule has 2 aromatic heterocycles. The van der Waals surface area contributed by atoms with Crippen LogP contribution in [-0.4, -0.2) is 36.4 Å². The summed E-state index contributed by atoms with van der Waals surface area (Å²) in [6.07, 6.45) is 1.38. The van der Waals surface area contributed by atoms with Crippen LogP contribution in [0.3, 0.4) is 0 Å². The molecular weight excluding hydrogens is 320 g/mol. The van der Waals surface area contributed by atoms with Crippen LogP contribution in [0.25, 0.3) is 15.8 Å². The second-order valence-corrected chi connectivity index (χ2v) is 6.64. The van der Waals surface area contributed by atoms with Crippen LogP contribution in [0.1, 0.15) is 4.88 Å². The highest BCUT2D eigenvalue weighted by molar-refractivity contribution is 7.24. The molecule has 2 aromatic rings. The van der Waals surface area contributed by atoms with Gasteiger partial charge < -0.3 is 15.1 Å². The fourth-order valence-electron chi connectivity index (χ4n) is 1.77. The molecule has 0 aliphatic carbocycles. The number of carboxylic acids is 1. The summed E-state index contributed by atoms with van der Waals surface area (Å²) < 4.78 is 0. The number of likely N-dealkylation sites (N-methyl/N-ethyl adjacent to an activating group) is 1. The molecule has 22 heavy (non-hydrogen) atoms. The molecule has 2 N–H and O–H groups in total. The first kappa shape index (κ1) is 16.2. The quantitative estimate of drug-likeness (QED) is 0.627. The molecule has 0 unspecified atom stereocenters. The zero-order chi connectivity index (χ0) is 16.1. The van der Waals surface area contributed by atoms with Gasteiger partial charge in [-0.25, -0.2) is 4.79 Å². The Balaban J connectivity index is 2.22. The third-order valence-corrected chi connectivity index (χ3v) is 5.34. The van der Waals surface area contributed by atoms with Gasteiger partial charge >= 0.3 is 5.97 Å². The molecule has 0 aromatic carbocycles. The lowest BCUT2D eigenvalue weighted by Crippen LogP contribution is -2.19. The van der Waals surface area contributed by atoms with E-state index < -0.39 is 5.97 Å². The first-order chi connectivity index (χ1) is 10.5. The van der Waals surface area contributed by atoms with Crippen molar-refractivity contribution in [1.29, 1.82) is 5.26 Å². The van der Waals surface area contributed by atoms with Crippen molar-refractivity contribution in [2.45, 2.75) is 0 Å². The van der Waals surface area contributed by atoms with Gasteiger partial charge in [0, 0.05) is 28.2 Å². The predicted molar refractivity (Wildman–Crippen MR) is 89.2 cm³/mol. The molecule has 0 radical (unpaired) electrons. The molecule has 0 aliphatic rings. The van der Waals surface area contributed by atoms with Gasteiger partial charge in [0.05, 0.1) is 11.6 Å². The molecule has 0 spiro atoms. The van der Waals surface area contributed by atoms with Crippen LogP contribution in [0.5, 0.6) is 0 Å². The number of aliphatic hydroxyl groups is 1. The van der Waals surface area contributed by atoms with Crippen molar-refractivity contribution < 1.29 is 15.0 Å². The Morgan fingerprint density at radius 3 is 2.64 bits per heavy atom. The number of carboxylic acid groups (broad SMARTS) is 1.